The molecule has 1 atom stereocenters. The van der Waals surface area contributed by atoms with Crippen molar-refractivity contribution in [2.24, 2.45) is 0 Å². The van der Waals surface area contributed by atoms with Gasteiger partial charge in [-0.25, -0.2) is 0 Å². The van der Waals surface area contributed by atoms with Crippen molar-refractivity contribution in [3.8, 4) is 5.75 Å². The summed E-state index contributed by atoms with van der Waals surface area (Å²) in [6.45, 7) is 1.97. The molecule has 0 heterocycles. The molecule has 0 unspecified atom stereocenters. The molecule has 0 N–H and O–H groups in total. The quantitative estimate of drug-likeness (QED) is 0.605. The second kappa shape index (κ2) is 6.61. The maximum atomic E-state index is 10.9. The number of esters is 1. The third kappa shape index (κ3) is 4.29. The second-order valence-corrected chi connectivity index (χ2v) is 3.85. The molecule has 0 fully saturated rings. The molecule has 0 aliphatic rings. The van der Waals surface area contributed by atoms with Gasteiger partial charge in [0.05, 0.1) is 5.02 Å². The van der Waals surface area contributed by atoms with Crippen molar-refractivity contribution in [3.05, 3.63) is 29.3 Å². The summed E-state index contributed by atoms with van der Waals surface area (Å²) in [5, 5.41) is 0.526. The highest BCUT2D eigenvalue weighted by atomic mass is 35.5. The molecule has 1 aromatic carbocycles. The summed E-state index contributed by atoms with van der Waals surface area (Å²) in [6, 6.07) is 7.10. The van der Waals surface area contributed by atoms with Gasteiger partial charge in [-0.05, 0) is 19.1 Å². The van der Waals surface area contributed by atoms with E-state index in [2.05, 4.69) is 0 Å². The van der Waals surface area contributed by atoms with Gasteiger partial charge in [-0.2, -0.15) is 0 Å². The maximum Gasteiger partial charge on any atom is 0.321 e. The second-order valence-electron chi connectivity index (χ2n) is 3.18. The van der Waals surface area contributed by atoms with Gasteiger partial charge in [0.1, 0.15) is 24.3 Å². The number of alkyl halides is 1. The Morgan fingerprint density at radius 2 is 2.12 bits per heavy atom. The fraction of sp³-hybridized carbons (Fsp3) is 0.364. The van der Waals surface area contributed by atoms with Gasteiger partial charge in [-0.15, -0.1) is 11.6 Å². The van der Waals surface area contributed by atoms with Crippen LogP contribution in [-0.4, -0.2) is 24.6 Å². The predicted octanol–water partition coefficient (Wildman–Crippen LogP) is 2.89. The smallest absolute Gasteiger partial charge is 0.321 e. The first-order valence-electron chi connectivity index (χ1n) is 4.76. The number of rotatable bonds is 5. The number of hydrogen-bond acceptors (Lipinski definition) is 3. The number of carbonyl (C=O) groups is 1. The van der Waals surface area contributed by atoms with Crippen LogP contribution in [0.5, 0.6) is 5.75 Å². The third-order valence-electron chi connectivity index (χ3n) is 1.75. The highest BCUT2D eigenvalue weighted by molar-refractivity contribution is 6.32. The molecule has 3 nitrogen and oxygen atoms in total. The van der Waals surface area contributed by atoms with Crippen LogP contribution in [0, 0.1) is 0 Å². The molecule has 0 aliphatic carbocycles. The van der Waals surface area contributed by atoms with Crippen LogP contribution in [0.4, 0.5) is 0 Å². The van der Waals surface area contributed by atoms with E-state index in [1.807, 2.05) is 12.1 Å². The van der Waals surface area contributed by atoms with E-state index in [0.29, 0.717) is 10.8 Å². The van der Waals surface area contributed by atoms with Crippen molar-refractivity contribution in [2.75, 3.05) is 12.5 Å². The van der Waals surface area contributed by atoms with Gasteiger partial charge in [0.2, 0.25) is 0 Å². The number of carbonyl (C=O) groups excluding carboxylic acids is 1. The Hall–Kier alpha value is -0.930. The summed E-state index contributed by atoms with van der Waals surface area (Å²) in [6.07, 6.45) is -0.359. The van der Waals surface area contributed by atoms with E-state index < -0.39 is 5.97 Å². The van der Waals surface area contributed by atoms with E-state index in [0.717, 1.165) is 0 Å². The molecule has 0 spiro atoms. The summed E-state index contributed by atoms with van der Waals surface area (Å²) in [5.74, 6) is -0.0500. The molecule has 5 heteroatoms. The van der Waals surface area contributed by atoms with Gasteiger partial charge in [0.15, 0.2) is 0 Å². The molecule has 16 heavy (non-hydrogen) atoms. The SMILES string of the molecule is C[C@@H](COc1ccccc1Cl)OC(=O)CCl. The molecule has 88 valence electrons. The van der Waals surface area contributed by atoms with Crippen LogP contribution < -0.4 is 4.74 Å². The van der Waals surface area contributed by atoms with E-state index in [1.165, 1.54) is 0 Å². The van der Waals surface area contributed by atoms with Crippen LogP contribution in [0.25, 0.3) is 0 Å². The van der Waals surface area contributed by atoms with E-state index in [9.17, 15) is 4.79 Å². The van der Waals surface area contributed by atoms with Gasteiger partial charge >= 0.3 is 5.97 Å². The van der Waals surface area contributed by atoms with Crippen molar-refractivity contribution in [2.45, 2.75) is 13.0 Å². The van der Waals surface area contributed by atoms with Crippen molar-refractivity contribution in [1.29, 1.82) is 0 Å². The van der Waals surface area contributed by atoms with Crippen LogP contribution in [0.15, 0.2) is 24.3 Å². The molecule has 0 bridgehead atoms. The van der Waals surface area contributed by atoms with Crippen molar-refractivity contribution >= 4 is 29.2 Å². The van der Waals surface area contributed by atoms with E-state index >= 15 is 0 Å². The highest BCUT2D eigenvalue weighted by Crippen LogP contribution is 2.23. The van der Waals surface area contributed by atoms with E-state index in [1.54, 1.807) is 19.1 Å². The van der Waals surface area contributed by atoms with Crippen LogP contribution in [0.3, 0.4) is 0 Å². The molecule has 0 aromatic heterocycles. The number of para-hydroxylation sites is 1. The number of hydrogen-bond donors (Lipinski definition) is 0. The molecule has 0 amide bonds. The molecular formula is C11H12Cl2O3. The van der Waals surface area contributed by atoms with Crippen molar-refractivity contribution in [3.63, 3.8) is 0 Å². The molecule has 1 rings (SSSR count). The van der Waals surface area contributed by atoms with Gasteiger partial charge in [-0.1, -0.05) is 23.7 Å². The van der Waals surface area contributed by atoms with Crippen LogP contribution in [0.2, 0.25) is 5.02 Å². The Bertz CT molecular complexity index is 355. The lowest BCUT2D eigenvalue weighted by molar-refractivity contribution is -0.146. The zero-order valence-electron chi connectivity index (χ0n) is 8.78. The molecule has 1 aromatic rings. The normalized spacial score (nSPS) is 11.9. The summed E-state index contributed by atoms with van der Waals surface area (Å²) in [4.78, 5) is 10.9. The first-order valence-corrected chi connectivity index (χ1v) is 5.67. The molecule has 0 radical (unpaired) electrons. The number of ether oxygens (including phenoxy) is 2. The summed E-state index contributed by atoms with van der Waals surface area (Å²) < 4.78 is 10.3. The summed E-state index contributed by atoms with van der Waals surface area (Å²) in [5.41, 5.74) is 0. The topological polar surface area (TPSA) is 35.5 Å². The Morgan fingerprint density at radius 1 is 1.44 bits per heavy atom. The minimum absolute atomic E-state index is 0.156. The maximum absolute atomic E-state index is 10.9. The Morgan fingerprint density at radius 3 is 2.75 bits per heavy atom. The van der Waals surface area contributed by atoms with Gasteiger partial charge in [0, 0.05) is 0 Å². The van der Waals surface area contributed by atoms with Crippen LogP contribution in [0.1, 0.15) is 6.92 Å². The fourth-order valence-corrected chi connectivity index (χ4v) is 1.31. The first kappa shape index (κ1) is 13.1. The van der Waals surface area contributed by atoms with Crippen molar-refractivity contribution < 1.29 is 14.3 Å². The molecular weight excluding hydrogens is 251 g/mol. The lowest BCUT2D eigenvalue weighted by Gasteiger charge is -2.14. The predicted molar refractivity (Wildman–Crippen MR) is 63.2 cm³/mol. The number of benzene rings is 1. The summed E-state index contributed by atoms with van der Waals surface area (Å²) in [7, 11) is 0. The standard InChI is InChI=1S/C11H12Cl2O3/c1-8(16-11(14)6-12)7-15-10-5-3-2-4-9(10)13/h2-5,8H,6-7H2,1H3/t8-/m0/s1. The van der Waals surface area contributed by atoms with E-state index in [4.69, 9.17) is 32.7 Å². The van der Waals surface area contributed by atoms with Gasteiger partial charge in [-0.3, -0.25) is 4.79 Å². The Kier molecular flexibility index (Phi) is 5.43. The van der Waals surface area contributed by atoms with Gasteiger partial charge in [0.25, 0.3) is 0 Å². The fourth-order valence-electron chi connectivity index (χ4n) is 1.06. The van der Waals surface area contributed by atoms with Crippen molar-refractivity contribution in [1.82, 2.24) is 0 Å². The Balaban J connectivity index is 2.40. The average Bonchev–Trinajstić information content (AvgIpc) is 2.28. The zero-order valence-corrected chi connectivity index (χ0v) is 10.3. The van der Waals surface area contributed by atoms with Crippen LogP contribution >= 0.6 is 23.2 Å². The zero-order chi connectivity index (χ0) is 12.0. The molecule has 0 saturated heterocycles. The number of halogens is 2. The molecule has 0 saturated carbocycles. The lowest BCUT2D eigenvalue weighted by atomic mass is 10.3. The van der Waals surface area contributed by atoms with Gasteiger partial charge < -0.3 is 9.47 Å². The third-order valence-corrected chi connectivity index (χ3v) is 2.28. The monoisotopic (exact) mass is 262 g/mol. The Labute approximate surface area is 104 Å². The summed E-state index contributed by atoms with van der Waals surface area (Å²) >= 11 is 11.2. The van der Waals surface area contributed by atoms with Crippen LogP contribution in [-0.2, 0) is 9.53 Å². The van der Waals surface area contributed by atoms with E-state index in [-0.39, 0.29) is 18.6 Å². The lowest BCUT2D eigenvalue weighted by Crippen LogP contribution is -2.22. The largest absolute Gasteiger partial charge is 0.488 e. The highest BCUT2D eigenvalue weighted by Gasteiger charge is 2.09. The average molecular weight is 263 g/mol. The minimum Gasteiger partial charge on any atom is -0.488 e. The molecule has 0 aliphatic heterocycles. The minimum atomic E-state index is -0.461. The first-order chi connectivity index (χ1) is 7.63.